The van der Waals surface area contributed by atoms with Crippen LogP contribution in [0.15, 0.2) is 48.5 Å². The van der Waals surface area contributed by atoms with Crippen molar-refractivity contribution in [3.63, 3.8) is 0 Å². The van der Waals surface area contributed by atoms with Crippen LogP contribution < -0.4 is 16.6 Å². The van der Waals surface area contributed by atoms with Crippen LogP contribution in [0.25, 0.3) is 0 Å². The summed E-state index contributed by atoms with van der Waals surface area (Å²) in [4.78, 5) is 11.9. The van der Waals surface area contributed by atoms with Crippen molar-refractivity contribution in [3.8, 4) is 0 Å². The highest BCUT2D eigenvalue weighted by Gasteiger charge is 2.05. The molecule has 5 heteroatoms. The van der Waals surface area contributed by atoms with Gasteiger partial charge in [-0.2, -0.15) is 0 Å². The van der Waals surface area contributed by atoms with E-state index < -0.39 is 0 Å². The van der Waals surface area contributed by atoms with Crippen molar-refractivity contribution in [2.24, 2.45) is 5.84 Å². The van der Waals surface area contributed by atoms with Gasteiger partial charge in [0.15, 0.2) is 0 Å². The highest BCUT2D eigenvalue weighted by molar-refractivity contribution is 6.30. The maximum atomic E-state index is 11.9. The van der Waals surface area contributed by atoms with Crippen LogP contribution in [0.1, 0.15) is 15.9 Å². The van der Waals surface area contributed by atoms with Gasteiger partial charge >= 0.3 is 0 Å². The van der Waals surface area contributed by atoms with E-state index in [-0.39, 0.29) is 5.91 Å². The Balaban J connectivity index is 1.97. The summed E-state index contributed by atoms with van der Waals surface area (Å²) in [7, 11) is 0. The van der Waals surface area contributed by atoms with E-state index in [9.17, 15) is 4.79 Å². The molecule has 2 aromatic rings. The number of anilines is 1. The zero-order valence-electron chi connectivity index (χ0n) is 10.2. The van der Waals surface area contributed by atoms with Gasteiger partial charge in [0.2, 0.25) is 0 Å². The number of halogens is 1. The SMILES string of the molecule is NNc1ccc(C(=O)NCc2cccc(Cl)c2)cc1. The molecule has 2 rings (SSSR count). The van der Waals surface area contributed by atoms with Crippen LogP contribution in [-0.2, 0) is 6.54 Å². The number of nitrogens with two attached hydrogens (primary N) is 1. The maximum absolute atomic E-state index is 11.9. The molecule has 4 N–H and O–H groups in total. The molecule has 0 fully saturated rings. The first-order chi connectivity index (χ1) is 9.19. The average Bonchev–Trinajstić information content (AvgIpc) is 2.45. The Morgan fingerprint density at radius 3 is 2.53 bits per heavy atom. The summed E-state index contributed by atoms with van der Waals surface area (Å²) in [6, 6.07) is 14.3. The molecule has 0 saturated heterocycles. The van der Waals surface area contributed by atoms with Crippen molar-refractivity contribution < 1.29 is 4.79 Å². The summed E-state index contributed by atoms with van der Waals surface area (Å²) in [6.07, 6.45) is 0. The van der Waals surface area contributed by atoms with E-state index in [2.05, 4.69) is 10.7 Å². The number of rotatable bonds is 4. The molecule has 0 aliphatic carbocycles. The Hall–Kier alpha value is -2.04. The minimum absolute atomic E-state index is 0.136. The standard InChI is InChI=1S/C14H14ClN3O/c15-12-3-1-2-10(8-12)9-17-14(19)11-4-6-13(18-16)7-5-11/h1-8,18H,9,16H2,(H,17,19). The van der Waals surface area contributed by atoms with Crippen molar-refractivity contribution in [1.29, 1.82) is 0 Å². The van der Waals surface area contributed by atoms with Crippen molar-refractivity contribution in [2.75, 3.05) is 5.43 Å². The molecule has 0 aromatic heterocycles. The molecular formula is C14H14ClN3O. The molecule has 0 bridgehead atoms. The number of carbonyl (C=O) groups excluding carboxylic acids is 1. The van der Waals surface area contributed by atoms with Crippen molar-refractivity contribution >= 4 is 23.2 Å². The molecule has 0 heterocycles. The average molecular weight is 276 g/mol. The van der Waals surface area contributed by atoms with Gasteiger partial charge in [0.1, 0.15) is 0 Å². The Morgan fingerprint density at radius 1 is 1.16 bits per heavy atom. The van der Waals surface area contributed by atoms with Gasteiger partial charge in [0, 0.05) is 22.8 Å². The van der Waals surface area contributed by atoms with E-state index in [0.29, 0.717) is 17.1 Å². The van der Waals surface area contributed by atoms with Crippen LogP contribution in [-0.4, -0.2) is 5.91 Å². The molecule has 0 radical (unpaired) electrons. The van der Waals surface area contributed by atoms with Crippen LogP contribution in [0, 0.1) is 0 Å². The molecule has 0 atom stereocenters. The molecule has 98 valence electrons. The lowest BCUT2D eigenvalue weighted by Gasteiger charge is -2.06. The number of nitrogen functional groups attached to an aromatic ring is 1. The number of benzene rings is 2. The maximum Gasteiger partial charge on any atom is 0.251 e. The van der Waals surface area contributed by atoms with Gasteiger partial charge in [0.25, 0.3) is 5.91 Å². The first-order valence-corrected chi connectivity index (χ1v) is 6.16. The molecule has 19 heavy (non-hydrogen) atoms. The lowest BCUT2D eigenvalue weighted by Crippen LogP contribution is -2.22. The second-order valence-corrected chi connectivity index (χ2v) is 4.47. The summed E-state index contributed by atoms with van der Waals surface area (Å²) in [5, 5.41) is 3.49. The summed E-state index contributed by atoms with van der Waals surface area (Å²) in [5.41, 5.74) is 4.81. The van der Waals surface area contributed by atoms with Crippen LogP contribution in [0.3, 0.4) is 0 Å². The van der Waals surface area contributed by atoms with Crippen molar-refractivity contribution in [1.82, 2.24) is 5.32 Å². The van der Waals surface area contributed by atoms with E-state index >= 15 is 0 Å². The third-order valence-corrected chi connectivity index (χ3v) is 2.89. The highest BCUT2D eigenvalue weighted by atomic mass is 35.5. The predicted octanol–water partition coefficient (Wildman–Crippen LogP) is 2.56. The Labute approximate surface area is 116 Å². The number of carbonyl (C=O) groups is 1. The minimum Gasteiger partial charge on any atom is -0.348 e. The zero-order chi connectivity index (χ0) is 13.7. The Kier molecular flexibility index (Phi) is 4.39. The van der Waals surface area contributed by atoms with E-state index in [1.165, 1.54) is 0 Å². The summed E-state index contributed by atoms with van der Waals surface area (Å²) in [6.45, 7) is 0.441. The molecule has 0 unspecified atom stereocenters. The first kappa shape index (κ1) is 13.4. The number of hydrogen-bond acceptors (Lipinski definition) is 3. The van der Waals surface area contributed by atoms with Crippen LogP contribution in [0.4, 0.5) is 5.69 Å². The van der Waals surface area contributed by atoms with E-state index in [0.717, 1.165) is 11.3 Å². The van der Waals surface area contributed by atoms with E-state index in [1.807, 2.05) is 18.2 Å². The minimum atomic E-state index is -0.136. The molecule has 4 nitrogen and oxygen atoms in total. The topological polar surface area (TPSA) is 67.1 Å². The van der Waals surface area contributed by atoms with E-state index in [4.69, 9.17) is 17.4 Å². The number of nitrogens with one attached hydrogen (secondary N) is 2. The fourth-order valence-corrected chi connectivity index (χ4v) is 1.86. The van der Waals surface area contributed by atoms with Crippen LogP contribution >= 0.6 is 11.6 Å². The second-order valence-electron chi connectivity index (χ2n) is 4.03. The lowest BCUT2D eigenvalue weighted by atomic mass is 10.2. The fourth-order valence-electron chi connectivity index (χ4n) is 1.65. The molecule has 0 aliphatic heterocycles. The fraction of sp³-hybridized carbons (Fsp3) is 0.0714. The zero-order valence-corrected chi connectivity index (χ0v) is 10.9. The third kappa shape index (κ3) is 3.71. The smallest absolute Gasteiger partial charge is 0.251 e. The van der Waals surface area contributed by atoms with Gasteiger partial charge in [0.05, 0.1) is 0 Å². The predicted molar refractivity (Wildman–Crippen MR) is 76.9 cm³/mol. The normalized spacial score (nSPS) is 10.0. The van der Waals surface area contributed by atoms with Gasteiger partial charge in [-0.05, 0) is 42.0 Å². The molecule has 0 saturated carbocycles. The number of hydrazine groups is 1. The third-order valence-electron chi connectivity index (χ3n) is 2.66. The van der Waals surface area contributed by atoms with Gasteiger partial charge in [-0.25, -0.2) is 0 Å². The van der Waals surface area contributed by atoms with E-state index in [1.54, 1.807) is 30.3 Å². The van der Waals surface area contributed by atoms with Gasteiger partial charge < -0.3 is 10.7 Å². The number of hydrogen-bond donors (Lipinski definition) is 3. The quantitative estimate of drug-likeness (QED) is 0.593. The Morgan fingerprint density at radius 2 is 1.89 bits per heavy atom. The monoisotopic (exact) mass is 275 g/mol. The molecule has 1 amide bonds. The van der Waals surface area contributed by atoms with Crippen molar-refractivity contribution in [3.05, 3.63) is 64.7 Å². The highest BCUT2D eigenvalue weighted by Crippen LogP contribution is 2.11. The van der Waals surface area contributed by atoms with Gasteiger partial charge in [-0.1, -0.05) is 23.7 Å². The summed E-state index contributed by atoms with van der Waals surface area (Å²) >= 11 is 5.88. The molecule has 0 spiro atoms. The number of amides is 1. The van der Waals surface area contributed by atoms with Crippen LogP contribution in [0.5, 0.6) is 0 Å². The molecule has 0 aliphatic rings. The summed E-state index contributed by atoms with van der Waals surface area (Å²) in [5.74, 6) is 5.13. The van der Waals surface area contributed by atoms with Crippen LogP contribution in [0.2, 0.25) is 5.02 Å². The Bertz CT molecular complexity index is 569. The first-order valence-electron chi connectivity index (χ1n) is 5.78. The lowest BCUT2D eigenvalue weighted by molar-refractivity contribution is 0.0951. The summed E-state index contributed by atoms with van der Waals surface area (Å²) < 4.78 is 0. The molecular weight excluding hydrogens is 262 g/mol. The van der Waals surface area contributed by atoms with Gasteiger partial charge in [-0.3, -0.25) is 10.6 Å². The van der Waals surface area contributed by atoms with Gasteiger partial charge in [-0.15, -0.1) is 0 Å². The largest absolute Gasteiger partial charge is 0.348 e. The van der Waals surface area contributed by atoms with Crippen molar-refractivity contribution in [2.45, 2.75) is 6.54 Å². The molecule has 2 aromatic carbocycles. The second kappa shape index (κ2) is 6.22.